The smallest absolute Gasteiger partial charge is 0.305 e. The molecular weight excluding hydrogens is 570 g/mol. The van der Waals surface area contributed by atoms with Crippen LogP contribution in [0.3, 0.4) is 0 Å². The van der Waals surface area contributed by atoms with Crippen LogP contribution in [0.25, 0.3) is 0 Å². The first-order valence-electron chi connectivity index (χ1n) is 14.7. The third-order valence-corrected chi connectivity index (χ3v) is 7.61. The van der Waals surface area contributed by atoms with E-state index in [1.165, 1.54) is 7.11 Å². The number of amides is 1. The van der Waals surface area contributed by atoms with Crippen molar-refractivity contribution in [1.29, 1.82) is 0 Å². The topological polar surface area (TPSA) is 214 Å². The van der Waals surface area contributed by atoms with Gasteiger partial charge in [0.25, 0.3) is 5.91 Å². The molecule has 0 saturated carbocycles. The van der Waals surface area contributed by atoms with Gasteiger partial charge in [-0.2, -0.15) is 0 Å². The summed E-state index contributed by atoms with van der Waals surface area (Å²) >= 11 is 0. The standard InChI is InChI=1S/C29H45NO13/c1-39-20(33)13-9-4-2-3-5-10-14-40-28-21(30-27(38)17-11-7-6-8-12-17)26(23(35)19(16-32)41-28)43-29-25(37)24(36)22(34)18(15-31)42-29/h6-8,11-12,18-19,21-26,28-29,31-32,34-37H,2-5,9-10,13-16H2,1H3,(H,30,38)/t18?,19?,21?,22-,23+,24?,25?,26?,28+,29?/m0/s1. The van der Waals surface area contributed by atoms with Gasteiger partial charge < -0.3 is 59.6 Å². The minimum absolute atomic E-state index is 0.214. The highest BCUT2D eigenvalue weighted by atomic mass is 16.7. The Bertz CT molecular complexity index is 967. The summed E-state index contributed by atoms with van der Waals surface area (Å²) in [6, 6.07) is 7.09. The largest absolute Gasteiger partial charge is 0.469 e. The molecule has 7 N–H and O–H groups in total. The van der Waals surface area contributed by atoms with Crippen LogP contribution in [-0.4, -0.2) is 131 Å². The first kappa shape index (κ1) is 35.2. The number of aliphatic hydroxyl groups excluding tert-OH is 6. The lowest BCUT2D eigenvalue weighted by molar-refractivity contribution is -0.344. The zero-order valence-electron chi connectivity index (χ0n) is 24.3. The zero-order chi connectivity index (χ0) is 31.4. The maximum Gasteiger partial charge on any atom is 0.305 e. The number of aliphatic hydroxyl groups is 6. The minimum Gasteiger partial charge on any atom is -0.469 e. The number of hydrogen-bond donors (Lipinski definition) is 7. The summed E-state index contributed by atoms with van der Waals surface area (Å²) in [5.74, 6) is -0.762. The molecule has 10 atom stereocenters. The van der Waals surface area contributed by atoms with Crippen molar-refractivity contribution >= 4 is 11.9 Å². The van der Waals surface area contributed by atoms with E-state index in [1.54, 1.807) is 30.3 Å². The number of esters is 1. The fraction of sp³-hybridized carbons (Fsp3) is 0.724. The Kier molecular flexibility index (Phi) is 14.7. The van der Waals surface area contributed by atoms with Crippen LogP contribution in [0.15, 0.2) is 30.3 Å². The van der Waals surface area contributed by atoms with Crippen LogP contribution in [0.2, 0.25) is 0 Å². The first-order valence-corrected chi connectivity index (χ1v) is 14.7. The quantitative estimate of drug-likeness (QED) is 0.0876. The van der Waals surface area contributed by atoms with Gasteiger partial charge >= 0.3 is 5.97 Å². The average Bonchev–Trinajstić information content (AvgIpc) is 3.02. The molecule has 2 fully saturated rings. The summed E-state index contributed by atoms with van der Waals surface area (Å²) in [5, 5.41) is 64.2. The molecule has 244 valence electrons. The van der Waals surface area contributed by atoms with Crippen LogP contribution in [-0.2, 0) is 28.5 Å². The van der Waals surface area contributed by atoms with E-state index in [-0.39, 0.29) is 12.6 Å². The van der Waals surface area contributed by atoms with E-state index >= 15 is 0 Å². The highest BCUT2D eigenvalue weighted by Gasteiger charge is 2.51. The second-order valence-corrected chi connectivity index (χ2v) is 10.7. The summed E-state index contributed by atoms with van der Waals surface area (Å²) < 4.78 is 27.8. The van der Waals surface area contributed by atoms with Crippen LogP contribution in [0.4, 0.5) is 0 Å². The molecule has 14 nitrogen and oxygen atoms in total. The number of carbonyl (C=O) groups excluding carboxylic acids is 2. The van der Waals surface area contributed by atoms with Crippen LogP contribution in [0, 0.1) is 0 Å². The van der Waals surface area contributed by atoms with E-state index < -0.39 is 80.5 Å². The highest BCUT2D eigenvalue weighted by Crippen LogP contribution is 2.30. The minimum atomic E-state index is -1.77. The lowest BCUT2D eigenvalue weighted by Gasteiger charge is -2.47. The summed E-state index contributed by atoms with van der Waals surface area (Å²) in [4.78, 5) is 24.4. The van der Waals surface area contributed by atoms with Crippen LogP contribution >= 0.6 is 0 Å². The van der Waals surface area contributed by atoms with Crippen molar-refractivity contribution in [2.24, 2.45) is 0 Å². The van der Waals surface area contributed by atoms with E-state index in [1.807, 2.05) is 0 Å². The van der Waals surface area contributed by atoms with Crippen molar-refractivity contribution in [3.63, 3.8) is 0 Å². The molecule has 2 aliphatic heterocycles. The molecule has 1 aromatic carbocycles. The summed E-state index contributed by atoms with van der Waals surface area (Å²) in [6.45, 7) is -1.10. The summed E-state index contributed by atoms with van der Waals surface area (Å²) in [7, 11) is 1.36. The second kappa shape index (κ2) is 17.9. The van der Waals surface area contributed by atoms with Crippen molar-refractivity contribution in [1.82, 2.24) is 5.32 Å². The molecule has 3 rings (SSSR count). The molecule has 0 radical (unpaired) electrons. The SMILES string of the molecule is COC(=O)CCCCCCCCO[C@@H]1OC(CO)[C@@H](O)C(OC2OC(CO)[C@H](O)C(O)C2O)C1NC(=O)c1ccccc1. The Labute approximate surface area is 250 Å². The fourth-order valence-corrected chi connectivity index (χ4v) is 5.06. The van der Waals surface area contributed by atoms with Crippen LogP contribution < -0.4 is 5.32 Å². The second-order valence-electron chi connectivity index (χ2n) is 10.7. The van der Waals surface area contributed by atoms with Gasteiger partial charge in [0.15, 0.2) is 12.6 Å². The van der Waals surface area contributed by atoms with Crippen LogP contribution in [0.1, 0.15) is 55.3 Å². The third-order valence-electron chi connectivity index (χ3n) is 7.61. The monoisotopic (exact) mass is 615 g/mol. The number of methoxy groups -OCH3 is 1. The molecule has 0 bridgehead atoms. The van der Waals surface area contributed by atoms with E-state index in [4.69, 9.17) is 18.9 Å². The van der Waals surface area contributed by atoms with Crippen molar-refractivity contribution in [2.45, 2.75) is 106 Å². The van der Waals surface area contributed by atoms with Crippen molar-refractivity contribution in [3.05, 3.63) is 35.9 Å². The van der Waals surface area contributed by atoms with E-state index in [2.05, 4.69) is 10.1 Å². The maximum atomic E-state index is 13.2. The Balaban J connectivity index is 1.69. The summed E-state index contributed by atoms with van der Waals surface area (Å²) in [5.41, 5.74) is 0.304. The molecule has 1 amide bonds. The summed E-state index contributed by atoms with van der Waals surface area (Å²) in [6.07, 6.45) is -7.97. The van der Waals surface area contributed by atoms with Gasteiger partial charge in [0.05, 0.1) is 20.3 Å². The molecule has 43 heavy (non-hydrogen) atoms. The number of ether oxygens (including phenoxy) is 5. The van der Waals surface area contributed by atoms with Gasteiger partial charge in [0.2, 0.25) is 0 Å². The van der Waals surface area contributed by atoms with Crippen molar-refractivity contribution in [2.75, 3.05) is 26.9 Å². The third kappa shape index (κ3) is 9.88. The average molecular weight is 616 g/mol. The van der Waals surface area contributed by atoms with Gasteiger partial charge in [-0.05, 0) is 25.0 Å². The van der Waals surface area contributed by atoms with Gasteiger partial charge in [0, 0.05) is 18.6 Å². The van der Waals surface area contributed by atoms with E-state index in [9.17, 15) is 40.2 Å². The Hall–Kier alpha value is -2.24. The Morgan fingerprint density at radius 1 is 0.791 bits per heavy atom. The lowest BCUT2D eigenvalue weighted by Crippen LogP contribution is -2.68. The maximum absolute atomic E-state index is 13.2. The number of unbranched alkanes of at least 4 members (excludes halogenated alkanes) is 5. The molecule has 1 aromatic rings. The predicted molar refractivity (Wildman–Crippen MR) is 148 cm³/mol. The van der Waals surface area contributed by atoms with Crippen LogP contribution in [0.5, 0.6) is 0 Å². The predicted octanol–water partition coefficient (Wildman–Crippen LogP) is -1.03. The van der Waals surface area contributed by atoms with Gasteiger partial charge in [-0.1, -0.05) is 43.9 Å². The van der Waals surface area contributed by atoms with E-state index in [0.29, 0.717) is 18.4 Å². The highest BCUT2D eigenvalue weighted by molar-refractivity contribution is 5.94. The molecule has 2 aliphatic rings. The molecule has 14 heteroatoms. The lowest BCUT2D eigenvalue weighted by atomic mass is 9.95. The van der Waals surface area contributed by atoms with Gasteiger partial charge in [-0.3, -0.25) is 9.59 Å². The van der Waals surface area contributed by atoms with Gasteiger partial charge in [-0.15, -0.1) is 0 Å². The molecule has 7 unspecified atom stereocenters. The molecule has 0 aromatic heterocycles. The first-order chi connectivity index (χ1) is 20.7. The van der Waals surface area contributed by atoms with Crippen molar-refractivity contribution < 1.29 is 63.9 Å². The number of rotatable bonds is 16. The Morgan fingerprint density at radius 3 is 2.05 bits per heavy atom. The molecule has 0 spiro atoms. The van der Waals surface area contributed by atoms with Crippen molar-refractivity contribution in [3.8, 4) is 0 Å². The van der Waals surface area contributed by atoms with Gasteiger partial charge in [0.1, 0.15) is 48.8 Å². The molecule has 2 saturated heterocycles. The molecule has 2 heterocycles. The van der Waals surface area contributed by atoms with E-state index in [0.717, 1.165) is 32.1 Å². The number of benzene rings is 1. The zero-order valence-corrected chi connectivity index (χ0v) is 24.3. The Morgan fingerprint density at radius 2 is 1.40 bits per heavy atom. The molecule has 0 aliphatic carbocycles. The number of carbonyl (C=O) groups is 2. The fourth-order valence-electron chi connectivity index (χ4n) is 5.06. The van der Waals surface area contributed by atoms with Gasteiger partial charge in [-0.25, -0.2) is 0 Å². The number of hydrogen-bond acceptors (Lipinski definition) is 13. The molecular formula is C29H45NO13. The number of nitrogens with one attached hydrogen (secondary N) is 1. The normalized spacial score (nSPS) is 32.7.